The minimum atomic E-state index is 0.137. The van der Waals surface area contributed by atoms with Crippen LogP contribution in [0.4, 0.5) is 0 Å². The molecule has 1 aliphatic heterocycles. The quantitative estimate of drug-likeness (QED) is 0.547. The summed E-state index contributed by atoms with van der Waals surface area (Å²) in [7, 11) is 1.78. The second-order valence-electron chi connectivity index (χ2n) is 7.33. The molecule has 0 amide bonds. The molecule has 0 aliphatic carbocycles. The van der Waals surface area contributed by atoms with Gasteiger partial charge in [0.25, 0.3) is 0 Å². The first-order chi connectivity index (χ1) is 13.5. The molecule has 0 radical (unpaired) electrons. The maximum atomic E-state index is 6.17. The normalized spacial score (nSPS) is 17.2. The van der Waals surface area contributed by atoms with Crippen LogP contribution in [0.2, 0.25) is 0 Å². The number of aromatic nitrogens is 1. The molecule has 1 aromatic heterocycles. The summed E-state index contributed by atoms with van der Waals surface area (Å²) in [6.07, 6.45) is 1.08. The first-order valence-electron chi connectivity index (χ1n) is 9.78. The highest BCUT2D eigenvalue weighted by Crippen LogP contribution is 2.24. The lowest BCUT2D eigenvalue weighted by Gasteiger charge is -2.18. The monoisotopic (exact) mass is 402 g/mol. The predicted octanol–water partition coefficient (Wildman–Crippen LogP) is 3.61. The van der Waals surface area contributed by atoms with Gasteiger partial charge in [0, 0.05) is 36.9 Å². The van der Waals surface area contributed by atoms with Crippen molar-refractivity contribution in [2.75, 3.05) is 20.3 Å². The maximum Gasteiger partial charge on any atom is 0.191 e. The van der Waals surface area contributed by atoms with Crippen LogP contribution in [0.1, 0.15) is 48.0 Å². The zero-order valence-electron chi connectivity index (χ0n) is 17.1. The molecular weight excluding hydrogens is 372 g/mol. The highest BCUT2D eigenvalue weighted by atomic mass is 32.1. The number of benzene rings is 1. The van der Waals surface area contributed by atoms with Gasteiger partial charge in [0.15, 0.2) is 5.96 Å². The maximum absolute atomic E-state index is 6.17. The van der Waals surface area contributed by atoms with Gasteiger partial charge in [-0.25, -0.2) is 4.98 Å². The topological polar surface area (TPSA) is 67.8 Å². The van der Waals surface area contributed by atoms with E-state index in [0.29, 0.717) is 25.6 Å². The van der Waals surface area contributed by atoms with Crippen molar-refractivity contribution in [3.8, 4) is 5.75 Å². The van der Waals surface area contributed by atoms with Crippen LogP contribution in [0, 0.1) is 6.92 Å². The van der Waals surface area contributed by atoms with E-state index in [1.165, 1.54) is 5.56 Å². The molecular formula is C21H30N4O2S. The fraction of sp³-hybridized carbons (Fsp3) is 0.524. The molecule has 1 fully saturated rings. The van der Waals surface area contributed by atoms with Gasteiger partial charge in [-0.2, -0.15) is 0 Å². The van der Waals surface area contributed by atoms with Crippen LogP contribution in [0.3, 0.4) is 0 Å². The summed E-state index contributed by atoms with van der Waals surface area (Å²) in [6, 6.07) is 6.30. The van der Waals surface area contributed by atoms with E-state index in [1.807, 2.05) is 0 Å². The molecule has 2 aromatic rings. The van der Waals surface area contributed by atoms with Crippen LogP contribution in [-0.2, 0) is 17.8 Å². The lowest BCUT2D eigenvalue weighted by atomic mass is 10.1. The van der Waals surface area contributed by atoms with Gasteiger partial charge < -0.3 is 20.1 Å². The zero-order valence-corrected chi connectivity index (χ0v) is 17.9. The number of hydrogen-bond donors (Lipinski definition) is 2. The molecule has 2 N–H and O–H groups in total. The van der Waals surface area contributed by atoms with Gasteiger partial charge in [-0.1, -0.05) is 26.0 Å². The Labute approximate surface area is 171 Å². The van der Waals surface area contributed by atoms with Gasteiger partial charge in [-0.05, 0) is 18.6 Å². The van der Waals surface area contributed by atoms with Crippen LogP contribution in [0.5, 0.6) is 5.75 Å². The molecule has 1 saturated heterocycles. The number of guanidine groups is 1. The van der Waals surface area contributed by atoms with Crippen molar-refractivity contribution in [3.05, 3.63) is 45.4 Å². The van der Waals surface area contributed by atoms with Crippen molar-refractivity contribution in [1.82, 2.24) is 15.6 Å². The first-order valence-corrected chi connectivity index (χ1v) is 10.7. The fourth-order valence-corrected chi connectivity index (χ4v) is 3.78. The number of nitrogens with zero attached hydrogens (tertiary/aromatic N) is 2. The van der Waals surface area contributed by atoms with Gasteiger partial charge in [-0.15, -0.1) is 11.3 Å². The molecule has 3 rings (SSSR count). The average molecular weight is 403 g/mol. The number of ether oxygens (including phenoxy) is 2. The van der Waals surface area contributed by atoms with Crippen molar-refractivity contribution >= 4 is 17.3 Å². The van der Waals surface area contributed by atoms with Gasteiger partial charge in [0.2, 0.25) is 0 Å². The molecule has 7 heteroatoms. The molecule has 0 spiro atoms. The third-order valence-electron chi connectivity index (χ3n) is 4.57. The smallest absolute Gasteiger partial charge is 0.191 e. The average Bonchev–Trinajstić information content (AvgIpc) is 3.35. The van der Waals surface area contributed by atoms with E-state index in [1.54, 1.807) is 18.4 Å². The van der Waals surface area contributed by atoms with E-state index in [4.69, 9.17) is 9.47 Å². The number of aliphatic imine (C=N–C) groups is 1. The Balaban J connectivity index is 1.56. The Kier molecular flexibility index (Phi) is 7.28. The van der Waals surface area contributed by atoms with Gasteiger partial charge in [0.05, 0.1) is 30.5 Å². The zero-order chi connectivity index (χ0) is 19.9. The molecule has 28 heavy (non-hydrogen) atoms. The highest BCUT2D eigenvalue weighted by Gasteiger charge is 2.18. The molecule has 1 atom stereocenters. The lowest BCUT2D eigenvalue weighted by molar-refractivity contribution is 0.140. The molecule has 1 aromatic carbocycles. The third-order valence-corrected chi connectivity index (χ3v) is 5.77. The van der Waals surface area contributed by atoms with Crippen LogP contribution >= 0.6 is 11.3 Å². The lowest BCUT2D eigenvalue weighted by Crippen LogP contribution is -2.36. The van der Waals surface area contributed by atoms with E-state index >= 15 is 0 Å². The summed E-state index contributed by atoms with van der Waals surface area (Å²) in [5, 5.41) is 9.97. The van der Waals surface area contributed by atoms with Crippen LogP contribution in [-0.4, -0.2) is 37.3 Å². The van der Waals surface area contributed by atoms with Crippen molar-refractivity contribution in [2.45, 2.75) is 52.3 Å². The van der Waals surface area contributed by atoms with E-state index in [-0.39, 0.29) is 6.10 Å². The summed E-state index contributed by atoms with van der Waals surface area (Å²) in [6.45, 7) is 9.13. The number of aryl methyl sites for hydroxylation is 1. The Hall–Kier alpha value is -2.12. The predicted molar refractivity (Wildman–Crippen MR) is 114 cm³/mol. The van der Waals surface area contributed by atoms with Crippen LogP contribution in [0.25, 0.3) is 0 Å². The second kappa shape index (κ2) is 9.89. The fourth-order valence-electron chi connectivity index (χ4n) is 2.95. The summed E-state index contributed by atoms with van der Waals surface area (Å²) in [5.74, 6) is 2.12. The summed E-state index contributed by atoms with van der Waals surface area (Å²) < 4.78 is 11.6. The second-order valence-corrected chi connectivity index (χ2v) is 8.22. The Morgan fingerprint density at radius 1 is 1.36 bits per heavy atom. The van der Waals surface area contributed by atoms with Crippen molar-refractivity contribution in [1.29, 1.82) is 0 Å². The van der Waals surface area contributed by atoms with Crippen LogP contribution in [0.15, 0.2) is 28.6 Å². The van der Waals surface area contributed by atoms with Crippen molar-refractivity contribution in [2.24, 2.45) is 4.99 Å². The molecule has 2 heterocycles. The Bertz CT molecular complexity index is 797. The van der Waals surface area contributed by atoms with Crippen LogP contribution < -0.4 is 15.4 Å². The summed E-state index contributed by atoms with van der Waals surface area (Å²) >= 11 is 1.71. The van der Waals surface area contributed by atoms with Gasteiger partial charge >= 0.3 is 0 Å². The molecule has 6 nitrogen and oxygen atoms in total. The van der Waals surface area contributed by atoms with E-state index in [2.05, 4.69) is 65.0 Å². The molecule has 0 bridgehead atoms. The molecule has 1 unspecified atom stereocenters. The molecule has 0 saturated carbocycles. The Morgan fingerprint density at radius 3 is 2.86 bits per heavy atom. The summed E-state index contributed by atoms with van der Waals surface area (Å²) in [4.78, 5) is 8.98. The van der Waals surface area contributed by atoms with E-state index in [9.17, 15) is 0 Å². The minimum absolute atomic E-state index is 0.137. The standard InChI is InChI=1S/C21H30N4O2S/c1-14(2)20-25-17(13-28-20)11-24-21(22-4)23-10-16-6-5-15(3)9-19(16)27-18-7-8-26-12-18/h5-6,9,13-14,18H,7-8,10-12H2,1-4H3,(H2,22,23,24). The Morgan fingerprint density at radius 2 is 2.18 bits per heavy atom. The number of thiazole rings is 1. The summed E-state index contributed by atoms with van der Waals surface area (Å²) in [5.41, 5.74) is 3.33. The van der Waals surface area contributed by atoms with Crippen molar-refractivity contribution in [3.63, 3.8) is 0 Å². The molecule has 152 valence electrons. The number of hydrogen-bond acceptors (Lipinski definition) is 5. The highest BCUT2D eigenvalue weighted by molar-refractivity contribution is 7.09. The third kappa shape index (κ3) is 5.69. The number of nitrogens with one attached hydrogen (secondary N) is 2. The first kappa shape index (κ1) is 20.6. The number of rotatable bonds is 7. The van der Waals surface area contributed by atoms with Gasteiger partial charge in [-0.3, -0.25) is 4.99 Å². The van der Waals surface area contributed by atoms with E-state index < -0.39 is 0 Å². The van der Waals surface area contributed by atoms with Crippen molar-refractivity contribution < 1.29 is 9.47 Å². The SMILES string of the molecule is CN=C(NCc1csc(C(C)C)n1)NCc1ccc(C)cc1OC1CCOC1. The minimum Gasteiger partial charge on any atom is -0.488 e. The molecule has 1 aliphatic rings. The largest absolute Gasteiger partial charge is 0.488 e. The van der Waals surface area contributed by atoms with Gasteiger partial charge in [0.1, 0.15) is 11.9 Å². The van der Waals surface area contributed by atoms with E-state index in [0.717, 1.165) is 41.0 Å².